The second kappa shape index (κ2) is 7.94. The molecule has 2 aromatic heterocycles. The van der Waals surface area contributed by atoms with E-state index in [1.54, 1.807) is 15.8 Å². The summed E-state index contributed by atoms with van der Waals surface area (Å²) in [5.41, 5.74) is 0.00851. The predicted molar refractivity (Wildman–Crippen MR) is 104 cm³/mol. The molecule has 0 spiro atoms. The summed E-state index contributed by atoms with van der Waals surface area (Å²) in [6.45, 7) is 6.68. The molecule has 1 fully saturated rings. The Bertz CT molecular complexity index is 892. The molecule has 1 atom stereocenters. The molecular formula is C18H25N5O4S. The molecule has 0 bridgehead atoms. The molecule has 0 N–H and O–H groups in total. The number of nitrogens with zero attached hydrogens (tertiary/aromatic N) is 5. The number of amides is 1. The number of aromatic nitrogens is 4. The smallest absolute Gasteiger partial charge is 0.410 e. The lowest BCUT2D eigenvalue weighted by atomic mass is 10.2. The van der Waals surface area contributed by atoms with Crippen molar-refractivity contribution in [1.29, 1.82) is 0 Å². The van der Waals surface area contributed by atoms with Gasteiger partial charge in [0.1, 0.15) is 10.6 Å². The molecule has 0 radical (unpaired) electrons. The highest BCUT2D eigenvalue weighted by Gasteiger charge is 2.33. The molecule has 0 aromatic carbocycles. The topological polar surface area (TPSA) is 99.4 Å². The summed E-state index contributed by atoms with van der Waals surface area (Å²) in [7, 11) is 1.29. The maximum absolute atomic E-state index is 12.5. The lowest BCUT2D eigenvalue weighted by Crippen LogP contribution is -2.41. The van der Waals surface area contributed by atoms with Crippen molar-refractivity contribution in [3.8, 4) is 0 Å². The summed E-state index contributed by atoms with van der Waals surface area (Å²) in [5, 5.41) is 5.86. The van der Waals surface area contributed by atoms with Crippen LogP contribution in [0.2, 0.25) is 0 Å². The number of carbonyl (C=O) groups is 2. The van der Waals surface area contributed by atoms with Gasteiger partial charge in [-0.05, 0) is 39.9 Å². The number of esters is 1. The number of hydrogen-bond donors (Lipinski definition) is 0. The van der Waals surface area contributed by atoms with E-state index in [-0.39, 0.29) is 18.0 Å². The van der Waals surface area contributed by atoms with Gasteiger partial charge in [0.2, 0.25) is 5.82 Å². The number of likely N-dealkylation sites (tertiary alicyclic amines) is 1. The minimum atomic E-state index is -0.596. The van der Waals surface area contributed by atoms with Crippen LogP contribution in [0.3, 0.4) is 0 Å². The molecule has 1 amide bonds. The van der Waals surface area contributed by atoms with E-state index in [9.17, 15) is 9.59 Å². The zero-order valence-corrected chi connectivity index (χ0v) is 17.6. The molecule has 2 aromatic rings. The van der Waals surface area contributed by atoms with Gasteiger partial charge in [0.15, 0.2) is 5.65 Å². The van der Waals surface area contributed by atoms with Crippen LogP contribution in [0.15, 0.2) is 11.2 Å². The molecule has 1 saturated heterocycles. The van der Waals surface area contributed by atoms with E-state index >= 15 is 0 Å². The first-order valence-corrected chi connectivity index (χ1v) is 10.3. The number of rotatable bonds is 4. The number of fused-ring (bicyclic) bond motifs is 1. The lowest BCUT2D eigenvalue weighted by Gasteiger charge is -2.28. The Hall–Kier alpha value is -2.36. The Balaban J connectivity index is 1.89. The van der Waals surface area contributed by atoms with Crippen LogP contribution in [0.25, 0.3) is 11.0 Å². The molecule has 1 aliphatic rings. The minimum absolute atomic E-state index is 0.00322. The van der Waals surface area contributed by atoms with E-state index in [0.717, 1.165) is 18.2 Å². The maximum atomic E-state index is 12.5. The quantitative estimate of drug-likeness (QED) is 0.433. The van der Waals surface area contributed by atoms with Gasteiger partial charge in [-0.15, -0.1) is 11.8 Å². The largest absolute Gasteiger partial charge is 0.463 e. The van der Waals surface area contributed by atoms with Gasteiger partial charge in [0.25, 0.3) is 0 Å². The minimum Gasteiger partial charge on any atom is -0.463 e. The molecular weight excluding hydrogens is 382 g/mol. The van der Waals surface area contributed by atoms with Crippen molar-refractivity contribution in [2.45, 2.75) is 56.8 Å². The van der Waals surface area contributed by atoms with Crippen molar-refractivity contribution >= 4 is 34.9 Å². The molecule has 0 saturated carbocycles. The van der Waals surface area contributed by atoms with Crippen molar-refractivity contribution < 1.29 is 19.1 Å². The molecule has 1 unspecified atom stereocenters. The molecule has 3 rings (SSSR count). The first kappa shape index (κ1) is 20.4. The van der Waals surface area contributed by atoms with Crippen LogP contribution in [0.1, 0.15) is 44.2 Å². The Morgan fingerprint density at radius 1 is 1.32 bits per heavy atom. The van der Waals surface area contributed by atoms with Gasteiger partial charge >= 0.3 is 12.1 Å². The van der Waals surface area contributed by atoms with Crippen molar-refractivity contribution in [1.82, 2.24) is 24.6 Å². The zero-order valence-electron chi connectivity index (χ0n) is 16.8. The predicted octanol–water partition coefficient (Wildman–Crippen LogP) is 2.73. The third kappa shape index (κ3) is 4.21. The van der Waals surface area contributed by atoms with Crippen LogP contribution >= 0.6 is 11.8 Å². The van der Waals surface area contributed by atoms with E-state index in [1.165, 1.54) is 18.9 Å². The second-order valence-electron chi connectivity index (χ2n) is 7.58. The highest BCUT2D eigenvalue weighted by atomic mass is 32.2. The first-order valence-electron chi connectivity index (χ1n) is 9.09. The molecule has 9 nitrogen and oxygen atoms in total. The van der Waals surface area contributed by atoms with Crippen LogP contribution < -0.4 is 0 Å². The second-order valence-corrected chi connectivity index (χ2v) is 8.38. The van der Waals surface area contributed by atoms with E-state index in [0.29, 0.717) is 23.8 Å². The van der Waals surface area contributed by atoms with Gasteiger partial charge in [-0.2, -0.15) is 5.10 Å². The Kier molecular flexibility index (Phi) is 5.78. The SMILES string of the molecule is COC(=O)c1nc(SC)c2cnn(CC3CCCN3C(=O)OC(C)(C)C)c2n1. The van der Waals surface area contributed by atoms with Crippen molar-refractivity contribution in [2.75, 3.05) is 19.9 Å². The highest BCUT2D eigenvalue weighted by Crippen LogP contribution is 2.26. The Morgan fingerprint density at radius 2 is 2.07 bits per heavy atom. The summed E-state index contributed by atoms with van der Waals surface area (Å²) in [5.74, 6) is -0.599. The lowest BCUT2D eigenvalue weighted by molar-refractivity contribution is 0.0212. The standard InChI is InChI=1S/C18H25N5O4S/c1-18(2,3)27-17(25)22-8-6-7-11(22)10-23-14-12(9-19-23)15(28-5)21-13(20-14)16(24)26-4/h9,11H,6-8,10H2,1-5H3. The highest BCUT2D eigenvalue weighted by molar-refractivity contribution is 7.98. The number of ether oxygens (including phenoxy) is 2. The summed E-state index contributed by atoms with van der Waals surface area (Å²) in [6.07, 6.45) is 5.00. The fourth-order valence-corrected chi connectivity index (χ4v) is 3.73. The van der Waals surface area contributed by atoms with Gasteiger partial charge in [-0.25, -0.2) is 24.2 Å². The number of thioether (sulfide) groups is 1. The van der Waals surface area contributed by atoms with Crippen molar-refractivity contribution in [2.24, 2.45) is 0 Å². The van der Waals surface area contributed by atoms with E-state index in [4.69, 9.17) is 9.47 Å². The fraction of sp³-hybridized carbons (Fsp3) is 0.611. The van der Waals surface area contributed by atoms with Crippen molar-refractivity contribution in [3.63, 3.8) is 0 Å². The summed E-state index contributed by atoms with van der Waals surface area (Å²) >= 11 is 1.41. The summed E-state index contributed by atoms with van der Waals surface area (Å²) in [6, 6.07) is -0.0489. The monoisotopic (exact) mass is 407 g/mol. The van der Waals surface area contributed by atoms with E-state index in [1.807, 2.05) is 27.0 Å². The fourth-order valence-electron chi connectivity index (χ4n) is 3.19. The Morgan fingerprint density at radius 3 is 2.71 bits per heavy atom. The van der Waals surface area contributed by atoms with Gasteiger partial charge in [-0.3, -0.25) is 0 Å². The molecule has 28 heavy (non-hydrogen) atoms. The van der Waals surface area contributed by atoms with Crippen LogP contribution in [-0.2, 0) is 16.0 Å². The van der Waals surface area contributed by atoms with Crippen LogP contribution in [-0.4, -0.2) is 68.3 Å². The number of hydrogen-bond acceptors (Lipinski definition) is 8. The van der Waals surface area contributed by atoms with E-state index in [2.05, 4.69) is 15.1 Å². The molecule has 152 valence electrons. The van der Waals surface area contributed by atoms with Gasteiger partial charge in [-0.1, -0.05) is 0 Å². The Labute approximate surface area is 167 Å². The molecule has 0 aliphatic carbocycles. The van der Waals surface area contributed by atoms with E-state index < -0.39 is 11.6 Å². The van der Waals surface area contributed by atoms with Gasteiger partial charge < -0.3 is 14.4 Å². The third-order valence-electron chi connectivity index (χ3n) is 4.41. The van der Waals surface area contributed by atoms with Crippen LogP contribution in [0, 0.1) is 0 Å². The zero-order chi connectivity index (χ0) is 20.5. The average molecular weight is 407 g/mol. The maximum Gasteiger partial charge on any atom is 0.410 e. The normalized spacial score (nSPS) is 17.2. The average Bonchev–Trinajstić information content (AvgIpc) is 3.26. The summed E-state index contributed by atoms with van der Waals surface area (Å²) in [4.78, 5) is 34.8. The molecule has 10 heteroatoms. The van der Waals surface area contributed by atoms with Crippen LogP contribution in [0.4, 0.5) is 4.79 Å². The molecule has 1 aliphatic heterocycles. The molecule has 3 heterocycles. The third-order valence-corrected chi connectivity index (χ3v) is 5.11. The number of carbonyl (C=O) groups excluding carboxylic acids is 2. The number of methoxy groups -OCH3 is 1. The summed E-state index contributed by atoms with van der Waals surface area (Å²) < 4.78 is 12.0. The van der Waals surface area contributed by atoms with Gasteiger partial charge in [0.05, 0.1) is 31.3 Å². The van der Waals surface area contributed by atoms with Gasteiger partial charge in [0, 0.05) is 6.54 Å². The van der Waals surface area contributed by atoms with Crippen molar-refractivity contribution in [3.05, 3.63) is 12.0 Å². The first-order chi connectivity index (χ1) is 13.2. The van der Waals surface area contributed by atoms with Crippen LogP contribution in [0.5, 0.6) is 0 Å².